The molecule has 2 rings (SSSR count). The topological polar surface area (TPSA) is 47.7 Å². The van der Waals surface area contributed by atoms with Crippen molar-refractivity contribution < 1.29 is 0 Å². The van der Waals surface area contributed by atoms with E-state index in [4.69, 9.17) is 0 Å². The Morgan fingerprint density at radius 3 is 3.00 bits per heavy atom. The first kappa shape index (κ1) is 11.9. The van der Waals surface area contributed by atoms with Crippen LogP contribution in [0, 0.1) is 0 Å². The Kier molecular flexibility index (Phi) is 3.93. The number of rotatable bonds is 6. The average molecular weight is 233 g/mol. The second-order valence-corrected chi connectivity index (χ2v) is 4.11. The van der Waals surface area contributed by atoms with Crippen LogP contribution in [0.2, 0.25) is 0 Å². The van der Waals surface area contributed by atoms with Crippen molar-refractivity contribution in [3.8, 4) is 0 Å². The molecule has 1 N–H and O–H groups in total. The fourth-order valence-electron chi connectivity index (χ4n) is 1.88. The number of hydrogen-bond donors (Lipinski definition) is 1. The van der Waals surface area contributed by atoms with Gasteiger partial charge in [-0.15, -0.1) is 0 Å². The first-order valence-corrected chi connectivity index (χ1v) is 5.97. The van der Waals surface area contributed by atoms with Gasteiger partial charge in [0.15, 0.2) is 0 Å². The highest BCUT2D eigenvalue weighted by molar-refractivity contribution is 5.16. The minimum absolute atomic E-state index is 0.881. The van der Waals surface area contributed by atoms with Crippen LogP contribution in [0.25, 0.3) is 0 Å². The number of hydrogen-bond acceptors (Lipinski definition) is 3. The Morgan fingerprint density at radius 1 is 1.41 bits per heavy atom. The van der Waals surface area contributed by atoms with E-state index in [0.717, 1.165) is 26.1 Å². The molecule has 0 unspecified atom stereocenters. The molecule has 0 atom stereocenters. The molecular weight excluding hydrogens is 214 g/mol. The third kappa shape index (κ3) is 3.17. The molecule has 0 saturated carbocycles. The van der Waals surface area contributed by atoms with Gasteiger partial charge >= 0.3 is 0 Å². The second kappa shape index (κ2) is 5.63. The first-order valence-electron chi connectivity index (χ1n) is 5.97. The summed E-state index contributed by atoms with van der Waals surface area (Å²) in [6.45, 7) is 4.90. The summed E-state index contributed by atoms with van der Waals surface area (Å²) in [5, 5.41) is 7.85. The van der Waals surface area contributed by atoms with E-state index >= 15 is 0 Å². The zero-order chi connectivity index (χ0) is 12.1. The average Bonchev–Trinajstić information content (AvgIpc) is 2.93. The molecule has 0 aliphatic heterocycles. The Hall–Kier alpha value is -1.62. The quantitative estimate of drug-likeness (QED) is 0.756. The first-order chi connectivity index (χ1) is 8.29. The molecule has 0 radical (unpaired) electrons. The molecule has 0 bridgehead atoms. The summed E-state index contributed by atoms with van der Waals surface area (Å²) in [5.74, 6) is 0. The van der Waals surface area contributed by atoms with Crippen LogP contribution < -0.4 is 5.32 Å². The lowest BCUT2D eigenvalue weighted by molar-refractivity contribution is 0.595. The summed E-state index contributed by atoms with van der Waals surface area (Å²) in [6, 6.07) is 0. The molecular formula is C12H19N5. The molecule has 5 nitrogen and oxygen atoms in total. The summed E-state index contributed by atoms with van der Waals surface area (Å²) in [4.78, 5) is 4.01. The van der Waals surface area contributed by atoms with Crippen LogP contribution in [-0.2, 0) is 26.6 Å². The van der Waals surface area contributed by atoms with Crippen molar-refractivity contribution in [1.29, 1.82) is 0 Å². The van der Waals surface area contributed by atoms with Gasteiger partial charge in [0.1, 0.15) is 0 Å². The van der Waals surface area contributed by atoms with E-state index < -0.39 is 0 Å². The maximum atomic E-state index is 4.42. The molecule has 2 aromatic heterocycles. The van der Waals surface area contributed by atoms with Gasteiger partial charge in [-0.25, -0.2) is 4.98 Å². The molecule has 0 aliphatic rings. The van der Waals surface area contributed by atoms with Gasteiger partial charge in [0, 0.05) is 50.8 Å². The molecule has 0 fully saturated rings. The molecule has 0 aliphatic carbocycles. The van der Waals surface area contributed by atoms with Crippen molar-refractivity contribution in [2.75, 3.05) is 6.54 Å². The molecule has 5 heteroatoms. The van der Waals surface area contributed by atoms with Gasteiger partial charge in [0.05, 0.1) is 12.0 Å². The molecule has 2 heterocycles. The van der Waals surface area contributed by atoms with Gasteiger partial charge < -0.3 is 9.88 Å². The van der Waals surface area contributed by atoms with E-state index in [2.05, 4.69) is 33.1 Å². The van der Waals surface area contributed by atoms with Crippen molar-refractivity contribution in [1.82, 2.24) is 24.6 Å². The predicted molar refractivity (Wildman–Crippen MR) is 66.5 cm³/mol. The van der Waals surface area contributed by atoms with Crippen LogP contribution in [0.15, 0.2) is 24.9 Å². The zero-order valence-electron chi connectivity index (χ0n) is 10.4. The van der Waals surface area contributed by atoms with E-state index in [-0.39, 0.29) is 0 Å². The summed E-state index contributed by atoms with van der Waals surface area (Å²) in [6.07, 6.45) is 8.69. The van der Waals surface area contributed by atoms with Gasteiger partial charge in [-0.1, -0.05) is 6.92 Å². The summed E-state index contributed by atoms with van der Waals surface area (Å²) >= 11 is 0. The van der Waals surface area contributed by atoms with Crippen LogP contribution >= 0.6 is 0 Å². The van der Waals surface area contributed by atoms with Crippen LogP contribution in [0.3, 0.4) is 0 Å². The van der Waals surface area contributed by atoms with E-state index in [1.54, 1.807) is 6.20 Å². The minimum Gasteiger partial charge on any atom is -0.336 e. The minimum atomic E-state index is 0.881. The number of imidazole rings is 1. The summed E-state index contributed by atoms with van der Waals surface area (Å²) < 4.78 is 3.95. The maximum absolute atomic E-state index is 4.42. The smallest absolute Gasteiger partial charge is 0.0946 e. The van der Waals surface area contributed by atoms with E-state index in [1.165, 1.54) is 11.3 Å². The van der Waals surface area contributed by atoms with E-state index in [9.17, 15) is 0 Å². The predicted octanol–water partition coefficient (Wildman–Crippen LogP) is 0.969. The molecule has 0 saturated heterocycles. The number of nitrogens with one attached hydrogen (secondary N) is 1. The van der Waals surface area contributed by atoms with Gasteiger partial charge in [-0.2, -0.15) is 5.10 Å². The lowest BCUT2D eigenvalue weighted by atomic mass is 10.2. The molecule has 0 spiro atoms. The van der Waals surface area contributed by atoms with Crippen molar-refractivity contribution in [2.24, 2.45) is 7.05 Å². The Labute approximate surface area is 101 Å². The van der Waals surface area contributed by atoms with E-state index in [1.807, 2.05) is 24.3 Å². The fourth-order valence-corrected chi connectivity index (χ4v) is 1.88. The summed E-state index contributed by atoms with van der Waals surface area (Å²) in [5.41, 5.74) is 2.48. The maximum Gasteiger partial charge on any atom is 0.0946 e. The number of nitrogens with zero attached hydrogens (tertiary/aromatic N) is 4. The molecule has 92 valence electrons. The third-order valence-electron chi connectivity index (χ3n) is 2.75. The van der Waals surface area contributed by atoms with Crippen molar-refractivity contribution >= 4 is 0 Å². The van der Waals surface area contributed by atoms with Crippen LogP contribution in [-0.4, -0.2) is 25.9 Å². The Balaban J connectivity index is 1.77. The molecule has 0 amide bonds. The highest BCUT2D eigenvalue weighted by Crippen LogP contribution is 2.06. The third-order valence-corrected chi connectivity index (χ3v) is 2.75. The van der Waals surface area contributed by atoms with E-state index in [0.29, 0.717) is 0 Å². The van der Waals surface area contributed by atoms with Crippen molar-refractivity contribution in [3.05, 3.63) is 36.2 Å². The Bertz CT molecular complexity index is 443. The van der Waals surface area contributed by atoms with Gasteiger partial charge in [0.25, 0.3) is 0 Å². The highest BCUT2D eigenvalue weighted by atomic mass is 15.3. The lowest BCUT2D eigenvalue weighted by Gasteiger charge is -2.04. The van der Waals surface area contributed by atoms with Gasteiger partial charge in [0.2, 0.25) is 0 Å². The fraction of sp³-hybridized carbons (Fsp3) is 0.500. The van der Waals surface area contributed by atoms with Crippen LogP contribution in [0.4, 0.5) is 0 Å². The normalized spacial score (nSPS) is 10.9. The largest absolute Gasteiger partial charge is 0.336 e. The lowest BCUT2D eigenvalue weighted by Crippen LogP contribution is -2.19. The Morgan fingerprint density at radius 2 is 2.29 bits per heavy atom. The van der Waals surface area contributed by atoms with Crippen LogP contribution in [0.5, 0.6) is 0 Å². The number of aryl methyl sites for hydroxylation is 2. The van der Waals surface area contributed by atoms with Crippen molar-refractivity contribution in [2.45, 2.75) is 26.4 Å². The molecule has 2 aromatic rings. The molecule has 17 heavy (non-hydrogen) atoms. The highest BCUT2D eigenvalue weighted by Gasteiger charge is 2.04. The zero-order valence-corrected chi connectivity index (χ0v) is 10.4. The number of aromatic nitrogens is 4. The molecule has 0 aromatic carbocycles. The standard InChI is InChI=1S/C12H19N5/c1-3-12-11(9-16(2)15-12)8-13-4-6-17-7-5-14-10-17/h5,7,9-10,13H,3-4,6,8H2,1-2H3. The van der Waals surface area contributed by atoms with Gasteiger partial charge in [-0.3, -0.25) is 4.68 Å². The summed E-state index contributed by atoms with van der Waals surface area (Å²) in [7, 11) is 1.97. The van der Waals surface area contributed by atoms with Crippen molar-refractivity contribution in [3.63, 3.8) is 0 Å². The van der Waals surface area contributed by atoms with Gasteiger partial charge in [-0.05, 0) is 6.42 Å². The van der Waals surface area contributed by atoms with Crippen LogP contribution in [0.1, 0.15) is 18.2 Å². The monoisotopic (exact) mass is 233 g/mol. The second-order valence-electron chi connectivity index (χ2n) is 4.11. The SMILES string of the molecule is CCc1nn(C)cc1CNCCn1ccnc1.